The third kappa shape index (κ3) is 4.64. The second-order valence-corrected chi connectivity index (χ2v) is 5.02. The molecule has 0 N–H and O–H groups in total. The Hall–Kier alpha value is -2.80. The van der Waals surface area contributed by atoms with Crippen molar-refractivity contribution in [3.8, 4) is 11.8 Å². The van der Waals surface area contributed by atoms with E-state index < -0.39 is 0 Å². The standard InChI is InChI=1S/C18H18N2O2/c1-14(2)22-18-6-4-3-5-17(18)12-20-21-13-16-9-7-15(11-19)8-10-16/h3-10,12,14H,13H2,1-2H3. The van der Waals surface area contributed by atoms with Crippen LogP contribution in [0.25, 0.3) is 0 Å². The van der Waals surface area contributed by atoms with Crippen LogP contribution in [0.5, 0.6) is 5.75 Å². The van der Waals surface area contributed by atoms with Gasteiger partial charge in [0.15, 0.2) is 0 Å². The molecule has 0 aliphatic heterocycles. The fourth-order valence-corrected chi connectivity index (χ4v) is 1.83. The summed E-state index contributed by atoms with van der Waals surface area (Å²) in [7, 11) is 0. The molecule has 0 atom stereocenters. The Morgan fingerprint density at radius 3 is 2.55 bits per heavy atom. The molecule has 4 nitrogen and oxygen atoms in total. The minimum Gasteiger partial charge on any atom is -0.490 e. The van der Waals surface area contributed by atoms with Crippen LogP contribution in [0.2, 0.25) is 0 Å². The zero-order chi connectivity index (χ0) is 15.8. The average Bonchev–Trinajstić information content (AvgIpc) is 2.53. The van der Waals surface area contributed by atoms with Crippen molar-refractivity contribution in [2.75, 3.05) is 0 Å². The van der Waals surface area contributed by atoms with Gasteiger partial charge >= 0.3 is 0 Å². The lowest BCUT2D eigenvalue weighted by Crippen LogP contribution is -2.07. The summed E-state index contributed by atoms with van der Waals surface area (Å²) in [6.45, 7) is 4.32. The van der Waals surface area contributed by atoms with E-state index >= 15 is 0 Å². The maximum Gasteiger partial charge on any atom is 0.142 e. The van der Waals surface area contributed by atoms with Crippen LogP contribution in [0.4, 0.5) is 0 Å². The van der Waals surface area contributed by atoms with Gasteiger partial charge in [-0.15, -0.1) is 0 Å². The average molecular weight is 294 g/mol. The fraction of sp³-hybridized carbons (Fsp3) is 0.222. The first kappa shape index (κ1) is 15.6. The van der Waals surface area contributed by atoms with E-state index in [4.69, 9.17) is 14.8 Å². The predicted molar refractivity (Wildman–Crippen MR) is 85.7 cm³/mol. The lowest BCUT2D eigenvalue weighted by Gasteiger charge is -2.11. The molecule has 0 unspecified atom stereocenters. The summed E-state index contributed by atoms with van der Waals surface area (Å²) in [5.41, 5.74) is 2.46. The second-order valence-electron chi connectivity index (χ2n) is 5.02. The van der Waals surface area contributed by atoms with Crippen LogP contribution in [0.3, 0.4) is 0 Å². The van der Waals surface area contributed by atoms with Crippen molar-refractivity contribution in [1.29, 1.82) is 5.26 Å². The Kier molecular flexibility index (Phi) is 5.56. The topological polar surface area (TPSA) is 54.6 Å². The molecule has 22 heavy (non-hydrogen) atoms. The highest BCUT2D eigenvalue weighted by atomic mass is 16.6. The molecule has 2 rings (SSSR count). The molecule has 2 aromatic carbocycles. The van der Waals surface area contributed by atoms with Gasteiger partial charge in [-0.1, -0.05) is 29.4 Å². The number of nitrogens with zero attached hydrogens (tertiary/aromatic N) is 2. The highest BCUT2D eigenvalue weighted by Gasteiger charge is 2.02. The smallest absolute Gasteiger partial charge is 0.142 e. The minimum atomic E-state index is 0.106. The molecule has 0 bridgehead atoms. The Balaban J connectivity index is 1.93. The van der Waals surface area contributed by atoms with Gasteiger partial charge in [-0.05, 0) is 43.7 Å². The van der Waals surface area contributed by atoms with E-state index in [-0.39, 0.29) is 6.10 Å². The molecule has 2 aromatic rings. The van der Waals surface area contributed by atoms with Crippen LogP contribution < -0.4 is 4.74 Å². The number of hydrogen-bond acceptors (Lipinski definition) is 4. The van der Waals surface area contributed by atoms with Crippen molar-refractivity contribution in [3.63, 3.8) is 0 Å². The van der Waals surface area contributed by atoms with E-state index in [1.54, 1.807) is 18.3 Å². The lowest BCUT2D eigenvalue weighted by atomic mass is 10.2. The molecular formula is C18H18N2O2. The second kappa shape index (κ2) is 7.84. The predicted octanol–water partition coefficient (Wildman–Crippen LogP) is 3.90. The van der Waals surface area contributed by atoms with E-state index in [0.717, 1.165) is 16.9 Å². The molecule has 0 fully saturated rings. The molecule has 0 aromatic heterocycles. The summed E-state index contributed by atoms with van der Waals surface area (Å²) >= 11 is 0. The van der Waals surface area contributed by atoms with E-state index in [2.05, 4.69) is 11.2 Å². The molecule has 0 heterocycles. The molecule has 0 aliphatic carbocycles. The molecule has 0 aliphatic rings. The summed E-state index contributed by atoms with van der Waals surface area (Å²) in [6.07, 6.45) is 1.75. The number of nitriles is 1. The normalized spacial score (nSPS) is 10.6. The highest BCUT2D eigenvalue weighted by molar-refractivity contribution is 5.83. The molecule has 0 radical (unpaired) electrons. The molecule has 112 valence electrons. The van der Waals surface area contributed by atoms with Crippen LogP contribution >= 0.6 is 0 Å². The largest absolute Gasteiger partial charge is 0.490 e. The van der Waals surface area contributed by atoms with Crippen LogP contribution in [0, 0.1) is 11.3 Å². The zero-order valence-electron chi connectivity index (χ0n) is 12.7. The van der Waals surface area contributed by atoms with Gasteiger partial charge in [0.1, 0.15) is 12.4 Å². The quantitative estimate of drug-likeness (QED) is 0.600. The Bertz CT molecular complexity index is 670. The number of ether oxygens (including phenoxy) is 1. The number of hydrogen-bond donors (Lipinski definition) is 0. The van der Waals surface area contributed by atoms with Crippen LogP contribution in [0.15, 0.2) is 53.7 Å². The molecule has 0 spiro atoms. The van der Waals surface area contributed by atoms with Crippen LogP contribution in [-0.2, 0) is 11.4 Å². The Morgan fingerprint density at radius 2 is 1.86 bits per heavy atom. The number of para-hydroxylation sites is 1. The first-order chi connectivity index (χ1) is 10.7. The minimum absolute atomic E-state index is 0.106. The maximum absolute atomic E-state index is 8.74. The van der Waals surface area contributed by atoms with Crippen LogP contribution in [0.1, 0.15) is 30.5 Å². The van der Waals surface area contributed by atoms with E-state index in [1.807, 2.05) is 50.2 Å². The van der Waals surface area contributed by atoms with Gasteiger partial charge in [-0.3, -0.25) is 0 Å². The van der Waals surface area contributed by atoms with Crippen molar-refractivity contribution in [3.05, 3.63) is 65.2 Å². The van der Waals surface area contributed by atoms with Crippen LogP contribution in [-0.4, -0.2) is 12.3 Å². The van der Waals surface area contributed by atoms with Gasteiger partial charge in [0.2, 0.25) is 0 Å². The summed E-state index contributed by atoms with van der Waals surface area (Å²) < 4.78 is 5.71. The molecular weight excluding hydrogens is 276 g/mol. The Morgan fingerprint density at radius 1 is 1.14 bits per heavy atom. The van der Waals surface area contributed by atoms with E-state index in [1.165, 1.54) is 0 Å². The zero-order valence-corrected chi connectivity index (χ0v) is 12.7. The third-order valence-corrected chi connectivity index (χ3v) is 2.86. The summed E-state index contributed by atoms with van der Waals surface area (Å²) in [6, 6.07) is 17.0. The van der Waals surface area contributed by atoms with Crippen molar-refractivity contribution >= 4 is 6.21 Å². The number of benzene rings is 2. The van der Waals surface area contributed by atoms with Gasteiger partial charge < -0.3 is 9.57 Å². The van der Waals surface area contributed by atoms with Gasteiger partial charge in [0.25, 0.3) is 0 Å². The summed E-state index contributed by atoms with van der Waals surface area (Å²) in [5.74, 6) is 0.781. The van der Waals surface area contributed by atoms with Crippen molar-refractivity contribution in [1.82, 2.24) is 0 Å². The third-order valence-electron chi connectivity index (χ3n) is 2.86. The molecule has 0 amide bonds. The molecule has 0 saturated carbocycles. The fourth-order valence-electron chi connectivity index (χ4n) is 1.83. The summed E-state index contributed by atoms with van der Waals surface area (Å²) in [4.78, 5) is 5.29. The monoisotopic (exact) mass is 294 g/mol. The van der Waals surface area contributed by atoms with Crippen molar-refractivity contribution < 1.29 is 9.57 Å². The first-order valence-electron chi connectivity index (χ1n) is 7.09. The highest BCUT2D eigenvalue weighted by Crippen LogP contribution is 2.17. The molecule has 0 saturated heterocycles. The van der Waals surface area contributed by atoms with E-state index in [0.29, 0.717) is 12.2 Å². The van der Waals surface area contributed by atoms with Gasteiger partial charge in [-0.2, -0.15) is 5.26 Å². The van der Waals surface area contributed by atoms with Gasteiger partial charge in [0.05, 0.1) is 24.0 Å². The van der Waals surface area contributed by atoms with Gasteiger partial charge in [0, 0.05) is 5.56 Å². The summed E-state index contributed by atoms with van der Waals surface area (Å²) in [5, 5.41) is 12.7. The number of rotatable bonds is 6. The number of oxime groups is 1. The maximum atomic E-state index is 8.74. The molecule has 4 heteroatoms. The van der Waals surface area contributed by atoms with E-state index in [9.17, 15) is 0 Å². The first-order valence-corrected chi connectivity index (χ1v) is 7.09. The lowest BCUT2D eigenvalue weighted by molar-refractivity contribution is 0.132. The van der Waals surface area contributed by atoms with Crippen molar-refractivity contribution in [2.24, 2.45) is 5.16 Å². The van der Waals surface area contributed by atoms with Gasteiger partial charge in [-0.25, -0.2) is 0 Å². The van der Waals surface area contributed by atoms with Crippen molar-refractivity contribution in [2.45, 2.75) is 26.6 Å². The SMILES string of the molecule is CC(C)Oc1ccccc1C=NOCc1ccc(C#N)cc1. The Labute approximate surface area is 130 Å².